The van der Waals surface area contributed by atoms with Gasteiger partial charge in [0, 0.05) is 10.9 Å². The van der Waals surface area contributed by atoms with Crippen LogP contribution in [0.2, 0.25) is 10.0 Å². The quantitative estimate of drug-likeness (QED) is 0.620. The highest BCUT2D eigenvalue weighted by Gasteiger charge is 2.18. The predicted molar refractivity (Wildman–Crippen MR) is 94.0 cm³/mol. The monoisotopic (exact) mass is 366 g/mol. The van der Waals surface area contributed by atoms with Crippen LogP contribution in [0.25, 0.3) is 21.9 Å². The van der Waals surface area contributed by atoms with Crippen molar-refractivity contribution in [2.45, 2.75) is 11.8 Å². The summed E-state index contributed by atoms with van der Waals surface area (Å²) in [5, 5.41) is 2.32. The zero-order valence-corrected chi connectivity index (χ0v) is 14.4. The zero-order chi connectivity index (χ0) is 16.8. The second-order valence-corrected chi connectivity index (χ2v) is 7.41. The van der Waals surface area contributed by atoms with Crippen molar-refractivity contribution in [2.75, 3.05) is 0 Å². The van der Waals surface area contributed by atoms with Crippen molar-refractivity contribution in [3.63, 3.8) is 0 Å². The Bertz CT molecular complexity index is 1030. The molecule has 0 aliphatic rings. The first kappa shape index (κ1) is 16.3. The number of halogens is 2. The van der Waals surface area contributed by atoms with E-state index in [4.69, 9.17) is 23.2 Å². The highest BCUT2D eigenvalue weighted by Crippen LogP contribution is 2.38. The third kappa shape index (κ3) is 2.95. The molecule has 0 fully saturated rings. The summed E-state index contributed by atoms with van der Waals surface area (Å²) in [6.07, 6.45) is 0. The van der Waals surface area contributed by atoms with Crippen molar-refractivity contribution in [2.24, 2.45) is 0 Å². The van der Waals surface area contributed by atoms with Crippen molar-refractivity contribution in [3.05, 3.63) is 64.1 Å². The van der Waals surface area contributed by atoms with E-state index in [9.17, 15) is 13.0 Å². The van der Waals surface area contributed by atoms with Crippen LogP contribution in [-0.4, -0.2) is 13.0 Å². The van der Waals surface area contributed by atoms with E-state index in [1.54, 1.807) is 36.4 Å². The Balaban J connectivity index is 2.43. The van der Waals surface area contributed by atoms with Gasteiger partial charge in [0.2, 0.25) is 0 Å². The summed E-state index contributed by atoms with van der Waals surface area (Å²) in [5.74, 6) is 0. The molecule has 0 spiro atoms. The molecule has 1 N–H and O–H groups in total. The summed E-state index contributed by atoms with van der Waals surface area (Å²) in [7, 11) is -4.34. The molecule has 6 heteroatoms. The average molecular weight is 367 g/mol. The molecule has 0 radical (unpaired) electrons. The molecular formula is C17H12Cl2O3S. The lowest BCUT2D eigenvalue weighted by Gasteiger charge is -2.12. The van der Waals surface area contributed by atoms with E-state index in [0.717, 1.165) is 16.3 Å². The molecule has 0 bridgehead atoms. The van der Waals surface area contributed by atoms with E-state index in [1.807, 2.05) is 13.0 Å². The van der Waals surface area contributed by atoms with E-state index < -0.39 is 10.1 Å². The largest absolute Gasteiger partial charge is 0.295 e. The van der Waals surface area contributed by atoms with Gasteiger partial charge in [-0.25, -0.2) is 0 Å². The Morgan fingerprint density at radius 1 is 0.913 bits per heavy atom. The number of hydrogen-bond donors (Lipinski definition) is 1. The molecule has 0 amide bonds. The first-order chi connectivity index (χ1) is 10.8. The summed E-state index contributed by atoms with van der Waals surface area (Å²) < 4.78 is 32.9. The molecule has 0 saturated heterocycles. The van der Waals surface area contributed by atoms with Crippen molar-refractivity contribution in [1.29, 1.82) is 0 Å². The Hall–Kier alpha value is -1.59. The van der Waals surface area contributed by atoms with Gasteiger partial charge in [0.25, 0.3) is 10.1 Å². The van der Waals surface area contributed by atoms with E-state index in [-0.39, 0.29) is 4.90 Å². The van der Waals surface area contributed by atoms with Gasteiger partial charge in [-0.05, 0) is 30.0 Å². The molecule has 0 unspecified atom stereocenters. The molecule has 3 nitrogen and oxygen atoms in total. The molecule has 0 aliphatic carbocycles. The van der Waals surface area contributed by atoms with Crippen LogP contribution >= 0.6 is 23.2 Å². The zero-order valence-electron chi connectivity index (χ0n) is 12.0. The van der Waals surface area contributed by atoms with E-state index >= 15 is 0 Å². The second kappa shape index (κ2) is 5.80. The fourth-order valence-electron chi connectivity index (χ4n) is 2.61. The molecule has 118 valence electrons. The minimum Gasteiger partial charge on any atom is -0.282 e. The van der Waals surface area contributed by atoms with Gasteiger partial charge < -0.3 is 0 Å². The van der Waals surface area contributed by atoms with Crippen LogP contribution in [0.1, 0.15) is 5.56 Å². The Morgan fingerprint density at radius 2 is 1.65 bits per heavy atom. The molecule has 0 aromatic heterocycles. The van der Waals surface area contributed by atoms with Gasteiger partial charge in [0.1, 0.15) is 4.90 Å². The lowest BCUT2D eigenvalue weighted by atomic mass is 9.97. The summed E-state index contributed by atoms with van der Waals surface area (Å²) in [6.45, 7) is 1.85. The minimum atomic E-state index is -4.34. The number of rotatable bonds is 2. The summed E-state index contributed by atoms with van der Waals surface area (Å²) in [5.41, 5.74) is 1.97. The first-order valence-electron chi connectivity index (χ1n) is 6.74. The van der Waals surface area contributed by atoms with Gasteiger partial charge in [-0.2, -0.15) is 8.42 Å². The van der Waals surface area contributed by atoms with Crippen LogP contribution in [0.15, 0.2) is 53.4 Å². The van der Waals surface area contributed by atoms with Crippen LogP contribution in [0.3, 0.4) is 0 Å². The van der Waals surface area contributed by atoms with Crippen LogP contribution in [0.5, 0.6) is 0 Å². The van der Waals surface area contributed by atoms with Gasteiger partial charge in [-0.15, -0.1) is 0 Å². The van der Waals surface area contributed by atoms with Crippen molar-refractivity contribution in [1.82, 2.24) is 0 Å². The minimum absolute atomic E-state index is 0.137. The molecule has 0 aliphatic heterocycles. The smallest absolute Gasteiger partial charge is 0.282 e. The van der Waals surface area contributed by atoms with Gasteiger partial charge in [0.05, 0.1) is 10.0 Å². The van der Waals surface area contributed by atoms with Gasteiger partial charge >= 0.3 is 0 Å². The first-order valence-corrected chi connectivity index (χ1v) is 8.94. The fourth-order valence-corrected chi connectivity index (χ4v) is 3.69. The number of aryl methyl sites for hydroxylation is 1. The lowest BCUT2D eigenvalue weighted by Crippen LogP contribution is -2.01. The second-order valence-electron chi connectivity index (χ2n) is 5.24. The third-order valence-electron chi connectivity index (χ3n) is 3.65. The van der Waals surface area contributed by atoms with Crippen LogP contribution in [-0.2, 0) is 10.1 Å². The van der Waals surface area contributed by atoms with Crippen LogP contribution in [0, 0.1) is 6.92 Å². The average Bonchev–Trinajstić information content (AvgIpc) is 2.49. The Morgan fingerprint density at radius 3 is 2.35 bits per heavy atom. The summed E-state index contributed by atoms with van der Waals surface area (Å²) in [6, 6.07) is 13.6. The maximum Gasteiger partial charge on any atom is 0.295 e. The standard InChI is InChI=1S/C17H12Cl2O3S/c1-10-5-8-16(23(20,21)22)14(9-10)11-3-2-4-13-12(11)6-7-15(18)17(13)19/h2-9H,1H3,(H,20,21,22). The molecule has 23 heavy (non-hydrogen) atoms. The van der Waals surface area contributed by atoms with E-state index in [2.05, 4.69) is 0 Å². The summed E-state index contributed by atoms with van der Waals surface area (Å²) >= 11 is 12.3. The normalized spacial score (nSPS) is 11.8. The van der Waals surface area contributed by atoms with E-state index in [1.165, 1.54) is 6.07 Å². The van der Waals surface area contributed by atoms with Gasteiger partial charge in [0.15, 0.2) is 0 Å². The number of benzene rings is 3. The molecule has 0 saturated carbocycles. The highest BCUT2D eigenvalue weighted by molar-refractivity contribution is 7.86. The van der Waals surface area contributed by atoms with Crippen molar-refractivity contribution >= 4 is 44.1 Å². The van der Waals surface area contributed by atoms with Crippen molar-refractivity contribution in [3.8, 4) is 11.1 Å². The molecule has 0 atom stereocenters. The fraction of sp³-hybridized carbons (Fsp3) is 0.0588. The van der Waals surface area contributed by atoms with Gasteiger partial charge in [-0.1, -0.05) is 65.2 Å². The van der Waals surface area contributed by atoms with E-state index in [0.29, 0.717) is 21.2 Å². The van der Waals surface area contributed by atoms with Crippen LogP contribution < -0.4 is 0 Å². The molecule has 3 rings (SSSR count). The molecular weight excluding hydrogens is 355 g/mol. The van der Waals surface area contributed by atoms with Crippen molar-refractivity contribution < 1.29 is 13.0 Å². The van der Waals surface area contributed by atoms with Gasteiger partial charge in [-0.3, -0.25) is 4.55 Å². The highest BCUT2D eigenvalue weighted by atomic mass is 35.5. The molecule has 3 aromatic rings. The van der Waals surface area contributed by atoms with Crippen LogP contribution in [0.4, 0.5) is 0 Å². The SMILES string of the molecule is Cc1ccc(S(=O)(=O)O)c(-c2cccc3c(Cl)c(Cl)ccc23)c1. The maximum atomic E-state index is 11.7. The lowest BCUT2D eigenvalue weighted by molar-refractivity contribution is 0.483. The summed E-state index contributed by atoms with van der Waals surface area (Å²) in [4.78, 5) is -0.137. The Kier molecular flexibility index (Phi) is 4.10. The Labute approximate surface area is 144 Å². The number of fused-ring (bicyclic) bond motifs is 1. The molecule has 0 heterocycles. The predicted octanol–water partition coefficient (Wildman–Crippen LogP) is 5.37. The molecule has 3 aromatic carbocycles. The number of hydrogen-bond acceptors (Lipinski definition) is 2. The topological polar surface area (TPSA) is 54.4 Å². The third-order valence-corrected chi connectivity index (χ3v) is 5.38. The maximum absolute atomic E-state index is 11.7.